The number of piperazine rings is 1. The van der Waals surface area contributed by atoms with Crippen molar-refractivity contribution in [2.24, 2.45) is 11.8 Å². The Kier molecular flexibility index (Phi) is 8.79. The van der Waals surface area contributed by atoms with Gasteiger partial charge in [0.1, 0.15) is 12.0 Å². The number of ether oxygens (including phenoxy) is 1. The number of carbonyl (C=O) groups is 1. The summed E-state index contributed by atoms with van der Waals surface area (Å²) in [6.07, 6.45) is 9.49. The van der Waals surface area contributed by atoms with Crippen LogP contribution in [0.5, 0.6) is 0 Å². The molecule has 5 heteroatoms. The fourth-order valence-corrected chi connectivity index (χ4v) is 4.29. The molecule has 1 fully saturated rings. The molecule has 0 saturated carbocycles. The monoisotopic (exact) mass is 442 g/mol. The van der Waals surface area contributed by atoms with Crippen molar-refractivity contribution in [2.75, 3.05) is 44.2 Å². The molecule has 1 aliphatic heterocycles. The van der Waals surface area contributed by atoms with Gasteiger partial charge in [0.25, 0.3) is 0 Å². The van der Waals surface area contributed by atoms with Gasteiger partial charge in [0.2, 0.25) is 0 Å². The molecule has 0 spiro atoms. The van der Waals surface area contributed by atoms with Gasteiger partial charge in [-0.2, -0.15) is 0 Å². The van der Waals surface area contributed by atoms with Gasteiger partial charge in [0.05, 0.1) is 23.2 Å². The largest absolute Gasteiger partial charge is 0.497 e. The smallest absolute Gasteiger partial charge is 0.134 e. The Morgan fingerprint density at radius 3 is 2.55 bits per heavy atom. The van der Waals surface area contributed by atoms with Crippen molar-refractivity contribution in [1.29, 1.82) is 0 Å². The zero-order valence-corrected chi connectivity index (χ0v) is 19.8. The van der Waals surface area contributed by atoms with E-state index in [1.165, 1.54) is 5.57 Å². The van der Waals surface area contributed by atoms with Gasteiger partial charge in [-0.05, 0) is 41.7 Å². The first-order chi connectivity index (χ1) is 15.0. The first-order valence-electron chi connectivity index (χ1n) is 11.5. The third-order valence-electron chi connectivity index (χ3n) is 6.05. The number of allylic oxidation sites excluding steroid dienone is 5. The lowest BCUT2D eigenvalue weighted by Crippen LogP contribution is -2.47. The second-order valence-corrected chi connectivity index (χ2v) is 9.05. The zero-order chi connectivity index (χ0) is 22.2. The maximum Gasteiger partial charge on any atom is 0.134 e. The van der Waals surface area contributed by atoms with Crippen LogP contribution in [0.15, 0.2) is 59.4 Å². The lowest BCUT2D eigenvalue weighted by Gasteiger charge is -2.37. The van der Waals surface area contributed by atoms with Gasteiger partial charge in [-0.1, -0.05) is 63.1 Å². The summed E-state index contributed by atoms with van der Waals surface area (Å²) in [6, 6.07) is 8.02. The summed E-state index contributed by atoms with van der Waals surface area (Å²) in [5.41, 5.74) is 3.42. The predicted molar refractivity (Wildman–Crippen MR) is 130 cm³/mol. The van der Waals surface area contributed by atoms with Crippen LogP contribution >= 0.6 is 11.6 Å². The Morgan fingerprint density at radius 2 is 1.90 bits per heavy atom. The highest BCUT2D eigenvalue weighted by Crippen LogP contribution is 2.30. The average Bonchev–Trinajstić information content (AvgIpc) is 2.94. The molecule has 3 rings (SSSR count). The van der Waals surface area contributed by atoms with Crippen LogP contribution in [0.1, 0.15) is 33.6 Å². The summed E-state index contributed by atoms with van der Waals surface area (Å²) in [5.74, 6) is 0.861. The van der Waals surface area contributed by atoms with Gasteiger partial charge < -0.3 is 14.4 Å². The van der Waals surface area contributed by atoms with E-state index in [1.54, 1.807) is 0 Å². The minimum absolute atomic E-state index is 0.314. The predicted octanol–water partition coefficient (Wildman–Crippen LogP) is 5.50. The van der Waals surface area contributed by atoms with Crippen LogP contribution in [0.2, 0.25) is 5.02 Å². The average molecular weight is 443 g/mol. The van der Waals surface area contributed by atoms with Crippen LogP contribution in [0.3, 0.4) is 0 Å². The summed E-state index contributed by atoms with van der Waals surface area (Å²) in [4.78, 5) is 16.9. The van der Waals surface area contributed by atoms with E-state index in [4.69, 9.17) is 16.3 Å². The third kappa shape index (κ3) is 6.24. The number of para-hydroxylation sites is 1. The second-order valence-electron chi connectivity index (χ2n) is 8.64. The quantitative estimate of drug-likeness (QED) is 0.373. The maximum absolute atomic E-state index is 12.1. The number of unbranched alkanes of at least 4 members (excludes halogenated alkanes) is 1. The molecule has 1 aromatic carbocycles. The topological polar surface area (TPSA) is 32.8 Å². The van der Waals surface area contributed by atoms with Crippen molar-refractivity contribution in [3.8, 4) is 0 Å². The van der Waals surface area contributed by atoms with E-state index in [0.717, 1.165) is 73.9 Å². The van der Waals surface area contributed by atoms with Crippen molar-refractivity contribution in [3.05, 3.63) is 64.4 Å². The molecule has 1 unspecified atom stereocenters. The Balaban J connectivity index is 1.70. The number of halogens is 1. The third-order valence-corrected chi connectivity index (χ3v) is 6.37. The molecule has 0 N–H and O–H groups in total. The van der Waals surface area contributed by atoms with Gasteiger partial charge in [-0.3, -0.25) is 4.90 Å². The Bertz CT molecular complexity index is 836. The fourth-order valence-electron chi connectivity index (χ4n) is 4.04. The zero-order valence-electron chi connectivity index (χ0n) is 19.0. The van der Waals surface area contributed by atoms with Crippen LogP contribution in [0.4, 0.5) is 5.69 Å². The van der Waals surface area contributed by atoms with E-state index < -0.39 is 0 Å². The Morgan fingerprint density at radius 1 is 1.16 bits per heavy atom. The first-order valence-corrected chi connectivity index (χ1v) is 11.8. The molecular formula is C26H35ClN2O2. The van der Waals surface area contributed by atoms with E-state index in [-0.39, 0.29) is 5.92 Å². The lowest BCUT2D eigenvalue weighted by atomic mass is 9.97. The van der Waals surface area contributed by atoms with E-state index in [2.05, 4.69) is 54.9 Å². The number of rotatable bonds is 9. The molecule has 4 nitrogen and oxygen atoms in total. The van der Waals surface area contributed by atoms with Crippen LogP contribution < -0.4 is 4.90 Å². The van der Waals surface area contributed by atoms with Crippen molar-refractivity contribution < 1.29 is 9.53 Å². The van der Waals surface area contributed by atoms with Crippen LogP contribution in [0, 0.1) is 11.8 Å². The second kappa shape index (κ2) is 11.5. The molecule has 1 heterocycles. The summed E-state index contributed by atoms with van der Waals surface area (Å²) < 4.78 is 6.10. The number of hydrogen-bond donors (Lipinski definition) is 0. The Hall–Kier alpha value is -2.04. The molecule has 0 aromatic heterocycles. The molecule has 0 amide bonds. The number of nitrogens with zero attached hydrogens (tertiary/aromatic N) is 2. The summed E-state index contributed by atoms with van der Waals surface area (Å²) in [5, 5.41) is 0.800. The molecule has 1 saturated heterocycles. The molecule has 168 valence electrons. The van der Waals surface area contributed by atoms with Crippen molar-refractivity contribution in [3.63, 3.8) is 0 Å². The van der Waals surface area contributed by atoms with Gasteiger partial charge in [-0.25, -0.2) is 0 Å². The van der Waals surface area contributed by atoms with E-state index >= 15 is 0 Å². The number of carbonyl (C=O) groups excluding carboxylic acids is 1. The first kappa shape index (κ1) is 23.6. The van der Waals surface area contributed by atoms with Crippen molar-refractivity contribution in [2.45, 2.75) is 33.6 Å². The SMILES string of the molecule is CCCCOC1=CC(C(C)C)=CC=C(CN2CCN(c3ccccc3Cl)CC2)C1C=O. The summed E-state index contributed by atoms with van der Waals surface area (Å²) in [6.45, 7) is 11.6. The number of hydrogen-bond acceptors (Lipinski definition) is 4. The Labute approximate surface area is 192 Å². The van der Waals surface area contributed by atoms with Gasteiger partial charge in [0, 0.05) is 32.7 Å². The van der Waals surface area contributed by atoms with Gasteiger partial charge in [-0.15, -0.1) is 0 Å². The van der Waals surface area contributed by atoms with E-state index in [9.17, 15) is 4.79 Å². The van der Waals surface area contributed by atoms with E-state index in [1.807, 2.05) is 18.2 Å². The van der Waals surface area contributed by atoms with Crippen molar-refractivity contribution >= 4 is 23.6 Å². The van der Waals surface area contributed by atoms with Crippen molar-refractivity contribution in [1.82, 2.24) is 4.90 Å². The van der Waals surface area contributed by atoms with Crippen LogP contribution in [-0.2, 0) is 9.53 Å². The molecule has 1 aromatic rings. The molecular weight excluding hydrogens is 408 g/mol. The molecule has 2 aliphatic rings. The standard InChI is InChI=1S/C26H35ClN2O2/c1-4-5-16-31-26-17-21(20(2)3)10-11-22(23(26)19-30)18-28-12-14-29(15-13-28)25-9-7-6-8-24(25)27/h6-11,17,19-20,23H,4-5,12-16,18H2,1-3H3. The summed E-state index contributed by atoms with van der Waals surface area (Å²) in [7, 11) is 0. The molecule has 31 heavy (non-hydrogen) atoms. The highest BCUT2D eigenvalue weighted by molar-refractivity contribution is 6.33. The highest BCUT2D eigenvalue weighted by Gasteiger charge is 2.26. The maximum atomic E-state index is 12.1. The minimum Gasteiger partial charge on any atom is -0.497 e. The normalized spacial score (nSPS) is 20.1. The number of anilines is 1. The van der Waals surface area contributed by atoms with E-state index in [0.29, 0.717) is 12.5 Å². The molecule has 1 atom stereocenters. The van der Waals surface area contributed by atoms with Crippen LogP contribution in [-0.4, -0.2) is 50.5 Å². The van der Waals surface area contributed by atoms with Gasteiger partial charge in [0.15, 0.2) is 0 Å². The number of aldehydes is 1. The fraction of sp³-hybridized carbons (Fsp3) is 0.500. The highest BCUT2D eigenvalue weighted by atomic mass is 35.5. The lowest BCUT2D eigenvalue weighted by molar-refractivity contribution is -0.110. The van der Waals surface area contributed by atoms with Crippen LogP contribution in [0.25, 0.3) is 0 Å². The molecule has 0 radical (unpaired) electrons. The molecule has 0 bridgehead atoms. The molecule has 1 aliphatic carbocycles. The summed E-state index contributed by atoms with van der Waals surface area (Å²) >= 11 is 6.38. The minimum atomic E-state index is -0.314. The number of benzene rings is 1. The van der Waals surface area contributed by atoms with Gasteiger partial charge >= 0.3 is 0 Å².